The maximum absolute atomic E-state index is 12.7. The summed E-state index contributed by atoms with van der Waals surface area (Å²) in [7, 11) is -7.36. The maximum Gasteiger partial charge on any atom is 0.241 e. The highest BCUT2D eigenvalue weighted by Crippen LogP contribution is 2.26. The van der Waals surface area contributed by atoms with Crippen LogP contribution in [0.1, 0.15) is 13.8 Å². The van der Waals surface area contributed by atoms with Gasteiger partial charge < -0.3 is 4.74 Å². The molecular formula is C15H23BrN2O5S2. The molecule has 2 rings (SSSR count). The molecule has 1 heterocycles. The van der Waals surface area contributed by atoms with E-state index in [1.165, 1.54) is 18.2 Å². The third kappa shape index (κ3) is 5.24. The zero-order valence-electron chi connectivity index (χ0n) is 14.5. The summed E-state index contributed by atoms with van der Waals surface area (Å²) in [5.74, 6) is 0. The van der Waals surface area contributed by atoms with Crippen LogP contribution >= 0.6 is 15.9 Å². The van der Waals surface area contributed by atoms with E-state index in [2.05, 4.69) is 25.6 Å². The third-order valence-corrected chi connectivity index (χ3v) is 7.69. The number of sulfone groups is 1. The van der Waals surface area contributed by atoms with E-state index in [0.29, 0.717) is 17.7 Å². The molecule has 25 heavy (non-hydrogen) atoms. The highest BCUT2D eigenvalue weighted by Gasteiger charge is 2.30. The molecule has 1 aliphatic heterocycles. The Morgan fingerprint density at radius 3 is 2.36 bits per heavy atom. The van der Waals surface area contributed by atoms with Crippen LogP contribution in [0.4, 0.5) is 0 Å². The van der Waals surface area contributed by atoms with Crippen molar-refractivity contribution in [1.82, 2.24) is 9.62 Å². The average Bonchev–Trinajstić information content (AvgIpc) is 2.53. The first kappa shape index (κ1) is 20.8. The molecule has 0 unspecified atom stereocenters. The van der Waals surface area contributed by atoms with Gasteiger partial charge in [0.25, 0.3) is 0 Å². The summed E-state index contributed by atoms with van der Waals surface area (Å²) in [5.41, 5.74) is -0.391. The number of benzene rings is 1. The predicted octanol–water partition coefficient (Wildman–Crippen LogP) is 1.24. The van der Waals surface area contributed by atoms with Crippen LogP contribution in [0.15, 0.2) is 32.5 Å². The molecule has 1 N–H and O–H groups in total. The molecule has 1 aromatic carbocycles. The van der Waals surface area contributed by atoms with Crippen LogP contribution in [0.25, 0.3) is 0 Å². The van der Waals surface area contributed by atoms with Crippen molar-refractivity contribution in [2.75, 3.05) is 39.1 Å². The molecule has 0 spiro atoms. The van der Waals surface area contributed by atoms with Gasteiger partial charge in [-0.1, -0.05) is 0 Å². The zero-order valence-corrected chi connectivity index (χ0v) is 17.7. The van der Waals surface area contributed by atoms with Crippen LogP contribution in [0, 0.1) is 0 Å². The molecule has 0 amide bonds. The first-order valence-corrected chi connectivity index (χ1v) is 11.9. The summed E-state index contributed by atoms with van der Waals surface area (Å²) in [4.78, 5) is 2.04. The Kier molecular flexibility index (Phi) is 6.33. The van der Waals surface area contributed by atoms with Gasteiger partial charge in [-0.3, -0.25) is 4.90 Å². The van der Waals surface area contributed by atoms with Crippen molar-refractivity contribution in [3.8, 4) is 0 Å². The predicted molar refractivity (Wildman–Crippen MR) is 98.9 cm³/mol. The van der Waals surface area contributed by atoms with Crippen molar-refractivity contribution in [2.24, 2.45) is 0 Å². The van der Waals surface area contributed by atoms with Gasteiger partial charge in [0.1, 0.15) is 0 Å². The number of sulfonamides is 1. The van der Waals surface area contributed by atoms with E-state index in [-0.39, 0.29) is 16.3 Å². The molecule has 1 aliphatic rings. The topological polar surface area (TPSA) is 92.8 Å². The largest absolute Gasteiger partial charge is 0.379 e. The average molecular weight is 455 g/mol. The van der Waals surface area contributed by atoms with Gasteiger partial charge in [0, 0.05) is 35.9 Å². The molecule has 0 aromatic heterocycles. The molecule has 1 saturated heterocycles. The van der Waals surface area contributed by atoms with Crippen LogP contribution in [-0.4, -0.2) is 66.4 Å². The molecule has 0 aliphatic carbocycles. The van der Waals surface area contributed by atoms with Gasteiger partial charge in [0.05, 0.1) is 23.0 Å². The van der Waals surface area contributed by atoms with Gasteiger partial charge in [-0.15, -0.1) is 0 Å². The van der Waals surface area contributed by atoms with Crippen LogP contribution in [0.3, 0.4) is 0 Å². The van der Waals surface area contributed by atoms with Crippen molar-refractivity contribution in [3.05, 3.63) is 22.7 Å². The third-order valence-electron chi connectivity index (χ3n) is 4.18. The van der Waals surface area contributed by atoms with Crippen LogP contribution < -0.4 is 4.72 Å². The molecule has 1 aromatic rings. The molecule has 0 saturated carbocycles. The Labute approximate surface area is 157 Å². The van der Waals surface area contributed by atoms with E-state index < -0.39 is 25.4 Å². The van der Waals surface area contributed by atoms with Crippen molar-refractivity contribution >= 4 is 35.8 Å². The van der Waals surface area contributed by atoms with Gasteiger partial charge in [-0.05, 0) is 48.0 Å². The normalized spacial score (nSPS) is 17.6. The summed E-state index contributed by atoms with van der Waals surface area (Å²) in [5, 5.41) is 0. The lowest BCUT2D eigenvalue weighted by Gasteiger charge is -2.40. The second-order valence-corrected chi connectivity index (χ2v) is 11.2. The first-order valence-electron chi connectivity index (χ1n) is 7.75. The molecule has 0 atom stereocenters. The molecule has 10 heteroatoms. The Balaban J connectivity index is 2.21. The quantitative estimate of drug-likeness (QED) is 0.694. The number of nitrogens with one attached hydrogen (secondary N) is 1. The van der Waals surface area contributed by atoms with Gasteiger partial charge in [0.2, 0.25) is 10.0 Å². The molecule has 7 nitrogen and oxygen atoms in total. The lowest BCUT2D eigenvalue weighted by molar-refractivity contribution is -0.00803. The van der Waals surface area contributed by atoms with Crippen LogP contribution in [-0.2, 0) is 24.6 Å². The molecular weight excluding hydrogens is 432 g/mol. The van der Waals surface area contributed by atoms with Gasteiger partial charge >= 0.3 is 0 Å². The van der Waals surface area contributed by atoms with E-state index in [0.717, 1.165) is 19.3 Å². The minimum atomic E-state index is -3.86. The van der Waals surface area contributed by atoms with E-state index in [1.807, 2.05) is 13.8 Å². The van der Waals surface area contributed by atoms with Gasteiger partial charge in [-0.2, -0.15) is 0 Å². The smallest absolute Gasteiger partial charge is 0.241 e. The van der Waals surface area contributed by atoms with Gasteiger partial charge in [-0.25, -0.2) is 21.6 Å². The van der Waals surface area contributed by atoms with Crippen molar-refractivity contribution in [2.45, 2.75) is 29.2 Å². The van der Waals surface area contributed by atoms with Gasteiger partial charge in [0.15, 0.2) is 9.84 Å². The second kappa shape index (κ2) is 7.61. The highest BCUT2D eigenvalue weighted by molar-refractivity contribution is 9.10. The summed E-state index contributed by atoms with van der Waals surface area (Å²) in [6.45, 7) is 6.84. The fraction of sp³-hybridized carbons (Fsp3) is 0.600. The SMILES string of the molecule is CC(C)(CNS(=O)(=O)c1cc(S(C)(=O)=O)ccc1Br)N1CCOCC1. The standard InChI is InChI=1S/C15H23BrN2O5S2/c1-15(2,18-6-8-23-9-7-18)11-17-25(21,22)14-10-12(24(3,19)20)4-5-13(14)16/h4-5,10,17H,6-9,11H2,1-3H3. The summed E-state index contributed by atoms with van der Waals surface area (Å²) in [6, 6.07) is 3.97. The molecule has 1 fully saturated rings. The number of hydrogen-bond acceptors (Lipinski definition) is 6. The second-order valence-electron chi connectivity index (χ2n) is 6.60. The summed E-state index contributed by atoms with van der Waals surface area (Å²) >= 11 is 3.19. The Morgan fingerprint density at radius 2 is 1.80 bits per heavy atom. The number of nitrogens with zero attached hydrogens (tertiary/aromatic N) is 1. The summed E-state index contributed by atoms with van der Waals surface area (Å²) < 4.78 is 57.0. The number of halogens is 1. The molecule has 142 valence electrons. The Hall–Kier alpha value is -0.520. The molecule has 0 radical (unpaired) electrons. The first-order chi connectivity index (χ1) is 11.4. The maximum atomic E-state index is 12.7. The highest BCUT2D eigenvalue weighted by atomic mass is 79.9. The fourth-order valence-corrected chi connectivity index (χ4v) is 5.46. The van der Waals surface area contributed by atoms with E-state index >= 15 is 0 Å². The Morgan fingerprint density at radius 1 is 1.20 bits per heavy atom. The fourth-order valence-electron chi connectivity index (χ4n) is 2.55. The lowest BCUT2D eigenvalue weighted by Crippen LogP contribution is -2.55. The number of ether oxygens (including phenoxy) is 1. The van der Waals surface area contributed by atoms with E-state index in [1.54, 1.807) is 0 Å². The Bertz CT molecular complexity index is 831. The van der Waals surface area contributed by atoms with E-state index in [9.17, 15) is 16.8 Å². The van der Waals surface area contributed by atoms with Crippen molar-refractivity contribution in [3.63, 3.8) is 0 Å². The van der Waals surface area contributed by atoms with Crippen LogP contribution in [0.5, 0.6) is 0 Å². The number of morpholine rings is 1. The van der Waals surface area contributed by atoms with Crippen molar-refractivity contribution in [1.29, 1.82) is 0 Å². The minimum absolute atomic E-state index is 0.0384. The number of rotatable bonds is 6. The zero-order chi connectivity index (χ0) is 18.9. The minimum Gasteiger partial charge on any atom is -0.379 e. The molecule has 0 bridgehead atoms. The lowest BCUT2D eigenvalue weighted by atomic mass is 10.0. The summed E-state index contributed by atoms with van der Waals surface area (Å²) in [6.07, 6.45) is 1.04. The van der Waals surface area contributed by atoms with Crippen LogP contribution in [0.2, 0.25) is 0 Å². The van der Waals surface area contributed by atoms with Crippen molar-refractivity contribution < 1.29 is 21.6 Å². The van der Waals surface area contributed by atoms with E-state index in [4.69, 9.17) is 4.74 Å². The monoisotopic (exact) mass is 454 g/mol. The number of hydrogen-bond donors (Lipinski definition) is 1.